The summed E-state index contributed by atoms with van der Waals surface area (Å²) in [6.45, 7) is 6.08. The molecule has 0 spiro atoms. The van der Waals surface area contributed by atoms with E-state index in [0.717, 1.165) is 55.8 Å². The maximum absolute atomic E-state index is 9.10. The van der Waals surface area contributed by atoms with E-state index in [1.165, 1.54) is 11.1 Å². The number of piperazine rings is 1. The predicted molar refractivity (Wildman–Crippen MR) is 117 cm³/mol. The summed E-state index contributed by atoms with van der Waals surface area (Å²) in [6.07, 6.45) is 0. The molecule has 1 fully saturated rings. The first-order chi connectivity index (χ1) is 14.8. The van der Waals surface area contributed by atoms with Crippen LogP contribution in [0.25, 0.3) is 0 Å². The maximum Gasteiger partial charge on any atom is 0.414 e. The number of ether oxygens (including phenoxy) is 2. The first-order valence-electron chi connectivity index (χ1n) is 9.68. The lowest BCUT2D eigenvalue weighted by Gasteiger charge is -2.35. The second kappa shape index (κ2) is 12.1. The van der Waals surface area contributed by atoms with Gasteiger partial charge in [-0.05, 0) is 23.8 Å². The summed E-state index contributed by atoms with van der Waals surface area (Å²) in [4.78, 5) is 23.1. The number of aliphatic carboxylic acids is 2. The predicted octanol–water partition coefficient (Wildman–Crippen LogP) is 2.83. The minimum Gasteiger partial charge on any atom is -0.497 e. The zero-order chi connectivity index (χ0) is 22.8. The first kappa shape index (κ1) is 24.5. The molecule has 1 aliphatic heterocycles. The van der Waals surface area contributed by atoms with Crippen LogP contribution in [-0.4, -0.2) is 72.4 Å². The topological polar surface area (TPSA) is 99.5 Å². The normalized spacial score (nSPS) is 14.3. The van der Waals surface area contributed by atoms with Crippen molar-refractivity contribution in [2.45, 2.75) is 13.1 Å². The Morgan fingerprint density at radius 3 is 2.03 bits per heavy atom. The Morgan fingerprint density at radius 2 is 1.52 bits per heavy atom. The number of methoxy groups -OCH3 is 2. The van der Waals surface area contributed by atoms with E-state index in [-0.39, 0.29) is 0 Å². The lowest BCUT2D eigenvalue weighted by molar-refractivity contribution is -0.159. The molecule has 0 amide bonds. The minimum absolute atomic E-state index is 0.808. The van der Waals surface area contributed by atoms with Crippen molar-refractivity contribution >= 4 is 23.5 Å². The van der Waals surface area contributed by atoms with Crippen molar-refractivity contribution in [2.75, 3.05) is 40.4 Å². The van der Waals surface area contributed by atoms with E-state index >= 15 is 0 Å². The molecule has 0 radical (unpaired) electrons. The molecule has 0 saturated carbocycles. The average Bonchev–Trinajstić information content (AvgIpc) is 2.76. The van der Waals surface area contributed by atoms with Crippen molar-refractivity contribution in [2.24, 2.45) is 0 Å². The first-order valence-corrected chi connectivity index (χ1v) is 10.1. The number of halogens is 1. The van der Waals surface area contributed by atoms with E-state index in [1.807, 2.05) is 24.3 Å². The number of carboxylic acids is 2. The lowest BCUT2D eigenvalue weighted by Crippen LogP contribution is -2.45. The Labute approximate surface area is 186 Å². The van der Waals surface area contributed by atoms with Crippen LogP contribution in [0.3, 0.4) is 0 Å². The molecular formula is C22H27ClN2O6. The Hall–Kier alpha value is -2.81. The van der Waals surface area contributed by atoms with Gasteiger partial charge in [-0.1, -0.05) is 29.8 Å². The third-order valence-electron chi connectivity index (χ3n) is 4.83. The zero-order valence-corrected chi connectivity index (χ0v) is 18.3. The zero-order valence-electron chi connectivity index (χ0n) is 17.6. The fourth-order valence-corrected chi connectivity index (χ4v) is 3.44. The van der Waals surface area contributed by atoms with Gasteiger partial charge in [0.15, 0.2) is 0 Å². The van der Waals surface area contributed by atoms with Crippen LogP contribution in [0.2, 0.25) is 5.02 Å². The third kappa shape index (κ3) is 8.09. The maximum atomic E-state index is 9.10. The van der Waals surface area contributed by atoms with Gasteiger partial charge < -0.3 is 19.7 Å². The molecule has 2 N–H and O–H groups in total. The number of rotatable bonds is 6. The highest BCUT2D eigenvalue weighted by Gasteiger charge is 2.18. The molecular weight excluding hydrogens is 424 g/mol. The smallest absolute Gasteiger partial charge is 0.414 e. The van der Waals surface area contributed by atoms with Crippen molar-refractivity contribution in [3.63, 3.8) is 0 Å². The summed E-state index contributed by atoms with van der Waals surface area (Å²) >= 11 is 6.08. The highest BCUT2D eigenvalue weighted by Crippen LogP contribution is 2.26. The van der Waals surface area contributed by atoms with Crippen LogP contribution in [0.15, 0.2) is 42.5 Å². The SMILES string of the molecule is COc1ccc(CN2CCN(Cc3cccc(Cl)c3)CC2)c(OC)c1.O=C(O)C(=O)O. The van der Waals surface area contributed by atoms with Crippen LogP contribution in [0.4, 0.5) is 0 Å². The Bertz CT molecular complexity index is 872. The number of hydrogen-bond donors (Lipinski definition) is 2. The van der Waals surface area contributed by atoms with Gasteiger partial charge in [-0.2, -0.15) is 0 Å². The molecule has 31 heavy (non-hydrogen) atoms. The van der Waals surface area contributed by atoms with Gasteiger partial charge in [-0.3, -0.25) is 9.80 Å². The van der Waals surface area contributed by atoms with Crippen molar-refractivity contribution in [1.82, 2.24) is 9.80 Å². The standard InChI is InChI=1S/C20H25ClN2O2.C2H2O4/c1-24-19-7-6-17(20(13-19)25-2)15-23-10-8-22(9-11-23)14-16-4-3-5-18(21)12-16;3-1(4)2(5)6/h3-7,12-13H,8-11,14-15H2,1-2H3;(H,3,4)(H,5,6). The van der Waals surface area contributed by atoms with Gasteiger partial charge in [0.05, 0.1) is 14.2 Å². The summed E-state index contributed by atoms with van der Waals surface area (Å²) < 4.78 is 10.8. The second-order valence-electron chi connectivity index (χ2n) is 6.97. The van der Waals surface area contributed by atoms with Gasteiger partial charge in [-0.25, -0.2) is 9.59 Å². The molecule has 0 atom stereocenters. The molecule has 1 heterocycles. The van der Waals surface area contributed by atoms with Gasteiger partial charge in [0.1, 0.15) is 11.5 Å². The summed E-state index contributed by atoms with van der Waals surface area (Å²) in [7, 11) is 3.38. The van der Waals surface area contributed by atoms with Crippen molar-refractivity contribution in [3.05, 3.63) is 58.6 Å². The molecule has 3 rings (SSSR count). The number of hydrogen-bond acceptors (Lipinski definition) is 6. The third-order valence-corrected chi connectivity index (χ3v) is 5.07. The Balaban J connectivity index is 0.000000501. The Kier molecular flexibility index (Phi) is 9.58. The second-order valence-corrected chi connectivity index (χ2v) is 7.41. The quantitative estimate of drug-likeness (QED) is 0.648. The number of carboxylic acid groups (broad SMARTS) is 2. The molecule has 1 saturated heterocycles. The van der Waals surface area contributed by atoms with Gasteiger partial charge in [0.2, 0.25) is 0 Å². The minimum atomic E-state index is -1.82. The molecule has 2 aromatic rings. The van der Waals surface area contributed by atoms with Gasteiger partial charge >= 0.3 is 11.9 Å². The fraction of sp³-hybridized carbons (Fsp3) is 0.364. The molecule has 0 unspecified atom stereocenters. The van der Waals surface area contributed by atoms with E-state index in [4.69, 9.17) is 40.9 Å². The fourth-order valence-electron chi connectivity index (χ4n) is 3.22. The molecule has 9 heteroatoms. The van der Waals surface area contributed by atoms with Crippen LogP contribution < -0.4 is 9.47 Å². The van der Waals surface area contributed by atoms with Crippen molar-refractivity contribution in [1.29, 1.82) is 0 Å². The molecule has 0 aromatic heterocycles. The molecule has 0 bridgehead atoms. The van der Waals surface area contributed by atoms with Gasteiger partial charge in [-0.15, -0.1) is 0 Å². The van der Waals surface area contributed by atoms with Crippen LogP contribution in [0, 0.1) is 0 Å². The monoisotopic (exact) mass is 450 g/mol. The lowest BCUT2D eigenvalue weighted by atomic mass is 10.1. The molecule has 1 aliphatic rings. The van der Waals surface area contributed by atoms with E-state index in [0.29, 0.717) is 0 Å². The summed E-state index contributed by atoms with van der Waals surface area (Å²) in [5, 5.41) is 15.6. The summed E-state index contributed by atoms with van der Waals surface area (Å²) in [5.41, 5.74) is 2.48. The highest BCUT2D eigenvalue weighted by atomic mass is 35.5. The van der Waals surface area contributed by atoms with E-state index in [1.54, 1.807) is 14.2 Å². The van der Waals surface area contributed by atoms with Crippen molar-refractivity contribution < 1.29 is 29.3 Å². The molecule has 2 aromatic carbocycles. The van der Waals surface area contributed by atoms with Gasteiger partial charge in [0.25, 0.3) is 0 Å². The van der Waals surface area contributed by atoms with Gasteiger partial charge in [0, 0.05) is 55.9 Å². The van der Waals surface area contributed by atoms with Crippen LogP contribution in [0.5, 0.6) is 11.5 Å². The molecule has 8 nitrogen and oxygen atoms in total. The van der Waals surface area contributed by atoms with E-state index in [9.17, 15) is 0 Å². The van der Waals surface area contributed by atoms with Crippen LogP contribution in [-0.2, 0) is 22.7 Å². The number of nitrogens with zero attached hydrogens (tertiary/aromatic N) is 2. The highest BCUT2D eigenvalue weighted by molar-refractivity contribution is 6.30. The van der Waals surface area contributed by atoms with Crippen LogP contribution >= 0.6 is 11.6 Å². The number of carbonyl (C=O) groups is 2. The van der Waals surface area contributed by atoms with Crippen molar-refractivity contribution in [3.8, 4) is 11.5 Å². The number of benzene rings is 2. The average molecular weight is 451 g/mol. The summed E-state index contributed by atoms with van der Waals surface area (Å²) in [6, 6.07) is 14.2. The molecule has 168 valence electrons. The van der Waals surface area contributed by atoms with E-state index in [2.05, 4.69) is 28.0 Å². The van der Waals surface area contributed by atoms with E-state index < -0.39 is 11.9 Å². The summed E-state index contributed by atoms with van der Waals surface area (Å²) in [5.74, 6) is -1.93. The van der Waals surface area contributed by atoms with Crippen LogP contribution in [0.1, 0.15) is 11.1 Å². The molecule has 0 aliphatic carbocycles. The largest absolute Gasteiger partial charge is 0.497 e. The Morgan fingerprint density at radius 1 is 0.903 bits per heavy atom.